The number of Topliss-reactive ketones (excluding diaryl/α,β-unsaturated/α-hetero) is 1. The van der Waals surface area contributed by atoms with Gasteiger partial charge in [-0.25, -0.2) is 0 Å². The Bertz CT molecular complexity index is 256. The fourth-order valence-electron chi connectivity index (χ4n) is 1.01. The predicted octanol–water partition coefficient (Wildman–Crippen LogP) is 2.29. The van der Waals surface area contributed by atoms with Gasteiger partial charge in [0.15, 0.2) is 0 Å². The average Bonchev–Trinajstić information content (AvgIpc) is 2.51. The smallest absolute Gasteiger partial charge is 0.130 e. The monoisotopic (exact) mass is 164 g/mol. The fourth-order valence-corrected chi connectivity index (χ4v) is 1.01. The lowest BCUT2D eigenvalue weighted by Gasteiger charge is -1.99. The molecule has 0 saturated carbocycles. The van der Waals surface area contributed by atoms with Crippen LogP contribution in [0, 0.1) is 0 Å². The minimum atomic E-state index is 0.105. The van der Waals surface area contributed by atoms with E-state index in [0.717, 1.165) is 5.57 Å². The molecule has 2 nitrogen and oxygen atoms in total. The topological polar surface area (TPSA) is 37.3 Å². The minimum absolute atomic E-state index is 0.105. The summed E-state index contributed by atoms with van der Waals surface area (Å²) in [5.74, 6) is 0.406. The van der Waals surface area contributed by atoms with Crippen molar-refractivity contribution in [1.29, 1.82) is 0 Å². The Labute approximate surface area is 71.9 Å². The zero-order chi connectivity index (χ0) is 8.97. The first-order valence-electron chi connectivity index (χ1n) is 3.96. The van der Waals surface area contributed by atoms with Crippen LogP contribution in [0.1, 0.15) is 19.8 Å². The summed E-state index contributed by atoms with van der Waals surface area (Å²) in [6.45, 7) is 1.53. The Balaban J connectivity index is 2.52. The molecule has 1 rings (SSSR count). The van der Waals surface area contributed by atoms with Crippen molar-refractivity contribution in [2.75, 3.05) is 0 Å². The molecular formula is C10H12O2. The van der Waals surface area contributed by atoms with Crippen molar-refractivity contribution in [2.45, 2.75) is 19.8 Å². The quantitative estimate of drug-likeness (QED) is 0.650. The van der Waals surface area contributed by atoms with Crippen LogP contribution in [0.15, 0.2) is 35.6 Å². The third-order valence-electron chi connectivity index (χ3n) is 1.71. The van der Waals surface area contributed by atoms with Gasteiger partial charge >= 0.3 is 0 Å². The van der Waals surface area contributed by atoms with Gasteiger partial charge < -0.3 is 9.90 Å². The number of allylic oxidation sites excluding steroid dienone is 6. The molecule has 1 aliphatic rings. The summed E-state index contributed by atoms with van der Waals surface area (Å²) in [6.07, 6.45) is 8.24. The van der Waals surface area contributed by atoms with Crippen molar-refractivity contribution in [1.82, 2.24) is 0 Å². The lowest BCUT2D eigenvalue weighted by Crippen LogP contribution is -1.93. The fraction of sp³-hybridized carbons (Fsp3) is 0.300. The van der Waals surface area contributed by atoms with Gasteiger partial charge in [-0.2, -0.15) is 0 Å². The number of hydrogen-bond acceptors (Lipinski definition) is 2. The normalized spacial score (nSPS) is 13.9. The highest BCUT2D eigenvalue weighted by Gasteiger charge is 2.03. The second-order valence-electron chi connectivity index (χ2n) is 2.82. The predicted molar refractivity (Wildman–Crippen MR) is 47.8 cm³/mol. The highest BCUT2D eigenvalue weighted by atomic mass is 16.3. The van der Waals surface area contributed by atoms with E-state index in [9.17, 15) is 9.90 Å². The second kappa shape index (κ2) is 3.90. The number of rotatable bonds is 3. The van der Waals surface area contributed by atoms with Crippen molar-refractivity contribution in [3.8, 4) is 0 Å². The molecule has 0 unspecified atom stereocenters. The van der Waals surface area contributed by atoms with Gasteiger partial charge in [-0.3, -0.25) is 0 Å². The van der Waals surface area contributed by atoms with E-state index < -0.39 is 0 Å². The van der Waals surface area contributed by atoms with Gasteiger partial charge in [0.1, 0.15) is 5.78 Å². The van der Waals surface area contributed by atoms with Crippen LogP contribution in [0.2, 0.25) is 0 Å². The highest BCUT2D eigenvalue weighted by Crippen LogP contribution is 2.15. The van der Waals surface area contributed by atoms with E-state index in [0.29, 0.717) is 18.6 Å². The van der Waals surface area contributed by atoms with Crippen molar-refractivity contribution < 1.29 is 9.90 Å². The van der Waals surface area contributed by atoms with Crippen molar-refractivity contribution in [3.05, 3.63) is 35.6 Å². The van der Waals surface area contributed by atoms with Crippen LogP contribution in [0.25, 0.3) is 0 Å². The van der Waals surface area contributed by atoms with Gasteiger partial charge in [-0.05, 0) is 6.92 Å². The van der Waals surface area contributed by atoms with Crippen LogP contribution in [0.4, 0.5) is 0 Å². The van der Waals surface area contributed by atoms with Crippen LogP contribution in [0.5, 0.6) is 0 Å². The molecule has 64 valence electrons. The molecule has 0 aromatic carbocycles. The molecule has 0 saturated heterocycles. The highest BCUT2D eigenvalue weighted by molar-refractivity contribution is 5.75. The van der Waals surface area contributed by atoms with Crippen LogP contribution in [-0.4, -0.2) is 10.9 Å². The summed E-state index contributed by atoms with van der Waals surface area (Å²) in [5, 5.41) is 9.42. The maximum Gasteiger partial charge on any atom is 0.130 e. The molecule has 2 heteroatoms. The summed E-state index contributed by atoms with van der Waals surface area (Å²) in [5.41, 5.74) is 0.816. The number of hydrogen-bond donors (Lipinski definition) is 1. The lowest BCUT2D eigenvalue weighted by molar-refractivity contribution is -0.117. The SMILES string of the molecule is CC(=O)CCC(O)=C1C=CC=C1. The Morgan fingerprint density at radius 3 is 2.42 bits per heavy atom. The number of carbonyl (C=O) groups is 1. The summed E-state index contributed by atoms with van der Waals surface area (Å²) < 4.78 is 0. The first-order chi connectivity index (χ1) is 5.70. The average molecular weight is 164 g/mol. The second-order valence-corrected chi connectivity index (χ2v) is 2.82. The summed E-state index contributed by atoms with van der Waals surface area (Å²) in [6, 6.07) is 0. The number of aliphatic hydroxyl groups excluding tert-OH is 1. The minimum Gasteiger partial charge on any atom is -0.512 e. The van der Waals surface area contributed by atoms with Gasteiger partial charge in [-0.1, -0.05) is 24.3 Å². The van der Waals surface area contributed by atoms with E-state index in [-0.39, 0.29) is 5.78 Å². The molecule has 0 radical (unpaired) electrons. The van der Waals surface area contributed by atoms with Crippen LogP contribution in [-0.2, 0) is 4.79 Å². The van der Waals surface area contributed by atoms with Crippen LogP contribution < -0.4 is 0 Å². The Morgan fingerprint density at radius 2 is 1.92 bits per heavy atom. The molecule has 0 aromatic rings. The van der Waals surface area contributed by atoms with E-state index in [4.69, 9.17) is 0 Å². The van der Waals surface area contributed by atoms with Gasteiger partial charge in [0.25, 0.3) is 0 Å². The molecular weight excluding hydrogens is 152 g/mol. The van der Waals surface area contributed by atoms with Gasteiger partial charge in [0.05, 0.1) is 5.76 Å². The van der Waals surface area contributed by atoms with E-state index in [1.165, 1.54) is 6.92 Å². The first kappa shape index (κ1) is 8.78. The molecule has 0 aliphatic heterocycles. The van der Waals surface area contributed by atoms with E-state index in [2.05, 4.69) is 0 Å². The van der Waals surface area contributed by atoms with E-state index in [1.807, 2.05) is 24.3 Å². The molecule has 0 fully saturated rings. The standard InChI is InChI=1S/C10H12O2/c1-8(11)6-7-10(12)9-4-2-3-5-9/h2-5,12H,6-7H2,1H3. The molecule has 0 amide bonds. The Hall–Kier alpha value is -1.31. The number of carbonyl (C=O) groups excluding carboxylic acids is 1. The Morgan fingerprint density at radius 1 is 1.33 bits per heavy atom. The lowest BCUT2D eigenvalue weighted by atomic mass is 10.1. The third kappa shape index (κ3) is 2.38. The Kier molecular flexibility index (Phi) is 2.86. The van der Waals surface area contributed by atoms with Crippen molar-refractivity contribution in [3.63, 3.8) is 0 Å². The molecule has 0 bridgehead atoms. The molecule has 0 aromatic heterocycles. The van der Waals surface area contributed by atoms with Crippen LogP contribution in [0.3, 0.4) is 0 Å². The van der Waals surface area contributed by atoms with Crippen molar-refractivity contribution in [2.24, 2.45) is 0 Å². The zero-order valence-electron chi connectivity index (χ0n) is 7.08. The first-order valence-corrected chi connectivity index (χ1v) is 3.96. The van der Waals surface area contributed by atoms with Crippen molar-refractivity contribution >= 4 is 5.78 Å². The van der Waals surface area contributed by atoms with E-state index in [1.54, 1.807) is 0 Å². The zero-order valence-corrected chi connectivity index (χ0v) is 7.08. The largest absolute Gasteiger partial charge is 0.512 e. The summed E-state index contributed by atoms with van der Waals surface area (Å²) in [7, 11) is 0. The molecule has 0 spiro atoms. The van der Waals surface area contributed by atoms with E-state index >= 15 is 0 Å². The van der Waals surface area contributed by atoms with Gasteiger partial charge in [0, 0.05) is 18.4 Å². The molecule has 1 N–H and O–H groups in total. The number of ketones is 1. The number of aliphatic hydroxyl groups is 1. The van der Waals surface area contributed by atoms with Crippen LogP contribution >= 0.6 is 0 Å². The molecule has 0 heterocycles. The van der Waals surface area contributed by atoms with Gasteiger partial charge in [-0.15, -0.1) is 0 Å². The third-order valence-corrected chi connectivity index (χ3v) is 1.71. The molecule has 1 aliphatic carbocycles. The molecule has 0 atom stereocenters. The van der Waals surface area contributed by atoms with Gasteiger partial charge in [0.2, 0.25) is 0 Å². The summed E-state index contributed by atoms with van der Waals surface area (Å²) >= 11 is 0. The molecule has 12 heavy (non-hydrogen) atoms. The summed E-state index contributed by atoms with van der Waals surface area (Å²) in [4.78, 5) is 10.6. The maximum atomic E-state index is 10.6. The maximum absolute atomic E-state index is 10.6.